The smallest absolute Gasteiger partial charge is 0.262 e. The van der Waals surface area contributed by atoms with Crippen molar-refractivity contribution in [1.29, 1.82) is 0 Å². The fourth-order valence-corrected chi connectivity index (χ4v) is 5.17. The predicted molar refractivity (Wildman–Crippen MR) is 111 cm³/mol. The topological polar surface area (TPSA) is 58.1 Å². The number of H-pyrrole nitrogens is 1. The molecule has 3 aromatic rings. The number of carbonyl (C=O) groups is 1. The molecule has 0 bridgehead atoms. The van der Waals surface area contributed by atoms with Crippen molar-refractivity contribution < 1.29 is 4.79 Å². The Morgan fingerprint density at radius 2 is 2.15 bits per heavy atom. The van der Waals surface area contributed by atoms with E-state index in [1.54, 1.807) is 29.5 Å². The molecule has 3 heterocycles. The van der Waals surface area contributed by atoms with Crippen molar-refractivity contribution in [2.75, 3.05) is 6.54 Å². The molecule has 140 valence electrons. The lowest BCUT2D eigenvalue weighted by molar-refractivity contribution is 0.0657. The van der Waals surface area contributed by atoms with Crippen LogP contribution in [0.15, 0.2) is 34.4 Å². The first-order valence-corrected chi connectivity index (χ1v) is 10.5. The van der Waals surface area contributed by atoms with E-state index in [9.17, 15) is 9.59 Å². The van der Waals surface area contributed by atoms with Crippen molar-refractivity contribution in [3.05, 3.63) is 60.8 Å². The second-order valence-electron chi connectivity index (χ2n) is 6.71. The Labute approximate surface area is 166 Å². The molecule has 0 aliphatic carbocycles. The molecular weight excluding hydrogens is 378 g/mol. The quantitative estimate of drug-likeness (QED) is 0.669. The van der Waals surface area contributed by atoms with Crippen molar-refractivity contribution >= 4 is 40.4 Å². The molecule has 1 N–H and O–H groups in total. The number of hydrogen-bond donors (Lipinski definition) is 1. The van der Waals surface area contributed by atoms with Crippen LogP contribution in [0.2, 0.25) is 0 Å². The molecule has 1 atom stereocenters. The van der Waals surface area contributed by atoms with Crippen LogP contribution >= 0.6 is 23.6 Å². The first kappa shape index (κ1) is 18.1. The van der Waals surface area contributed by atoms with E-state index in [2.05, 4.69) is 23.4 Å². The maximum Gasteiger partial charge on any atom is 0.262 e. The predicted octanol–water partition coefficient (Wildman–Crippen LogP) is 4.29. The van der Waals surface area contributed by atoms with E-state index in [0.29, 0.717) is 27.8 Å². The highest BCUT2D eigenvalue weighted by Crippen LogP contribution is 2.36. The van der Waals surface area contributed by atoms with Gasteiger partial charge in [0.1, 0.15) is 0 Å². The number of rotatable bonds is 3. The van der Waals surface area contributed by atoms with Gasteiger partial charge in [0.15, 0.2) is 4.77 Å². The summed E-state index contributed by atoms with van der Waals surface area (Å²) in [4.78, 5) is 32.2. The number of benzene rings is 1. The molecule has 0 radical (unpaired) electrons. The van der Waals surface area contributed by atoms with E-state index >= 15 is 0 Å². The Balaban J connectivity index is 1.75. The van der Waals surface area contributed by atoms with Crippen LogP contribution in [0.1, 0.15) is 47.1 Å². The van der Waals surface area contributed by atoms with Gasteiger partial charge in [-0.15, -0.1) is 11.3 Å². The van der Waals surface area contributed by atoms with Crippen molar-refractivity contribution in [1.82, 2.24) is 14.5 Å². The lowest BCUT2D eigenvalue weighted by Gasteiger charge is -2.35. The van der Waals surface area contributed by atoms with Crippen LogP contribution < -0.4 is 5.56 Å². The van der Waals surface area contributed by atoms with Crippen LogP contribution in [0.25, 0.3) is 10.9 Å². The lowest BCUT2D eigenvalue weighted by Crippen LogP contribution is -2.39. The van der Waals surface area contributed by atoms with E-state index < -0.39 is 0 Å². The summed E-state index contributed by atoms with van der Waals surface area (Å²) in [5, 5.41) is 2.66. The SMILES string of the molecule is CCC1c2ccsc2CCN1C(=O)c1ccc2c(=O)n(CC)c(=S)[nH]c2c1. The molecule has 0 spiro atoms. The Hall–Kier alpha value is -2.25. The van der Waals surface area contributed by atoms with E-state index in [1.807, 2.05) is 11.8 Å². The van der Waals surface area contributed by atoms with E-state index in [1.165, 1.54) is 15.0 Å². The van der Waals surface area contributed by atoms with Crippen LogP contribution in [0, 0.1) is 4.77 Å². The highest BCUT2D eigenvalue weighted by Gasteiger charge is 2.31. The Morgan fingerprint density at radius 3 is 2.89 bits per heavy atom. The van der Waals surface area contributed by atoms with Gasteiger partial charge in [0, 0.05) is 23.5 Å². The molecule has 7 heteroatoms. The molecule has 5 nitrogen and oxygen atoms in total. The number of aromatic amines is 1. The van der Waals surface area contributed by atoms with Gasteiger partial charge in [-0.1, -0.05) is 6.92 Å². The van der Waals surface area contributed by atoms with Gasteiger partial charge < -0.3 is 9.88 Å². The maximum atomic E-state index is 13.2. The van der Waals surface area contributed by atoms with Gasteiger partial charge in [0.2, 0.25) is 0 Å². The average Bonchev–Trinajstić information content (AvgIpc) is 3.15. The Bertz CT molecular complexity index is 1140. The highest BCUT2D eigenvalue weighted by molar-refractivity contribution is 7.71. The van der Waals surface area contributed by atoms with Gasteiger partial charge in [0.05, 0.1) is 16.9 Å². The van der Waals surface area contributed by atoms with Gasteiger partial charge in [-0.2, -0.15) is 0 Å². The van der Waals surface area contributed by atoms with Crippen LogP contribution in [0.4, 0.5) is 0 Å². The van der Waals surface area contributed by atoms with Crippen molar-refractivity contribution in [3.8, 4) is 0 Å². The summed E-state index contributed by atoms with van der Waals surface area (Å²) in [6.45, 7) is 5.23. The van der Waals surface area contributed by atoms with E-state index in [0.717, 1.165) is 19.4 Å². The van der Waals surface area contributed by atoms with Gasteiger partial charge >= 0.3 is 0 Å². The molecule has 1 unspecified atom stereocenters. The fraction of sp³-hybridized carbons (Fsp3) is 0.350. The third-order valence-electron chi connectivity index (χ3n) is 5.29. The summed E-state index contributed by atoms with van der Waals surface area (Å²) in [6.07, 6.45) is 1.78. The number of thiophene rings is 1. The number of nitrogens with zero attached hydrogens (tertiary/aromatic N) is 2. The number of hydrogen-bond acceptors (Lipinski definition) is 4. The summed E-state index contributed by atoms with van der Waals surface area (Å²) >= 11 is 7.06. The zero-order valence-electron chi connectivity index (χ0n) is 15.3. The normalized spacial score (nSPS) is 16.5. The molecule has 1 amide bonds. The molecular formula is C20H21N3O2S2. The van der Waals surface area contributed by atoms with Crippen molar-refractivity contribution in [2.24, 2.45) is 0 Å². The molecule has 2 aromatic heterocycles. The third kappa shape index (κ3) is 2.95. The van der Waals surface area contributed by atoms with Crippen LogP contribution in [0.3, 0.4) is 0 Å². The lowest BCUT2D eigenvalue weighted by atomic mass is 9.96. The summed E-state index contributed by atoms with van der Waals surface area (Å²) in [5.41, 5.74) is 2.34. The van der Waals surface area contributed by atoms with Crippen LogP contribution in [-0.4, -0.2) is 26.9 Å². The largest absolute Gasteiger partial charge is 0.332 e. The van der Waals surface area contributed by atoms with E-state index in [-0.39, 0.29) is 17.5 Å². The van der Waals surface area contributed by atoms with Crippen LogP contribution in [-0.2, 0) is 13.0 Å². The third-order valence-corrected chi connectivity index (χ3v) is 6.61. The Kier molecular flexibility index (Phi) is 4.74. The second-order valence-corrected chi connectivity index (χ2v) is 8.10. The summed E-state index contributed by atoms with van der Waals surface area (Å²) in [7, 11) is 0. The number of aromatic nitrogens is 2. The minimum absolute atomic E-state index is 0.000381. The van der Waals surface area contributed by atoms with Gasteiger partial charge in [-0.3, -0.25) is 14.2 Å². The summed E-state index contributed by atoms with van der Waals surface area (Å²) in [6, 6.07) is 7.47. The standard InChI is InChI=1S/C20H21N3O2S2/c1-3-16-14-8-10-27-17(14)7-9-23(16)18(24)12-5-6-13-15(11-12)21-20(26)22(4-2)19(13)25/h5-6,8,10-11,16H,3-4,7,9H2,1-2H3,(H,21,26). The number of amides is 1. The number of carbonyl (C=O) groups excluding carboxylic acids is 1. The van der Waals surface area contributed by atoms with Crippen LogP contribution in [0.5, 0.6) is 0 Å². The highest BCUT2D eigenvalue weighted by atomic mass is 32.1. The first-order valence-electron chi connectivity index (χ1n) is 9.19. The average molecular weight is 400 g/mol. The monoisotopic (exact) mass is 399 g/mol. The second kappa shape index (κ2) is 7.05. The van der Waals surface area contributed by atoms with Gasteiger partial charge in [-0.25, -0.2) is 0 Å². The molecule has 1 aliphatic heterocycles. The van der Waals surface area contributed by atoms with Gasteiger partial charge in [0.25, 0.3) is 11.5 Å². The van der Waals surface area contributed by atoms with Crippen molar-refractivity contribution in [3.63, 3.8) is 0 Å². The summed E-state index contributed by atoms with van der Waals surface area (Å²) in [5.74, 6) is -0.000381. The fourth-order valence-electron chi connectivity index (χ4n) is 3.92. The molecule has 1 aromatic carbocycles. The first-order chi connectivity index (χ1) is 13.0. The number of nitrogens with one attached hydrogen (secondary N) is 1. The molecule has 27 heavy (non-hydrogen) atoms. The van der Waals surface area contributed by atoms with E-state index in [4.69, 9.17) is 12.2 Å². The van der Waals surface area contributed by atoms with Crippen molar-refractivity contribution in [2.45, 2.75) is 39.3 Å². The summed E-state index contributed by atoms with van der Waals surface area (Å²) < 4.78 is 1.90. The minimum Gasteiger partial charge on any atom is -0.332 e. The molecule has 0 saturated carbocycles. The number of fused-ring (bicyclic) bond motifs is 2. The minimum atomic E-state index is -0.123. The Morgan fingerprint density at radius 1 is 1.33 bits per heavy atom. The molecule has 0 saturated heterocycles. The molecule has 1 aliphatic rings. The molecule has 4 rings (SSSR count). The zero-order valence-corrected chi connectivity index (χ0v) is 17.0. The van der Waals surface area contributed by atoms with Gasteiger partial charge in [-0.05, 0) is 67.2 Å². The maximum absolute atomic E-state index is 13.2. The molecule has 0 fully saturated rings. The zero-order chi connectivity index (χ0) is 19.1.